The SMILES string of the molecule is Cc1ccc([C@@H]2CC2(C)CCCSC[C@H](NC(=O)c2ccc(F)cc2)C(=O)N2CCOCC2)cc1. The molecule has 4 rings (SSSR count). The Labute approximate surface area is 211 Å². The number of nitrogens with zero attached hydrogens (tertiary/aromatic N) is 1. The fourth-order valence-electron chi connectivity index (χ4n) is 4.80. The molecule has 1 unspecified atom stereocenters. The van der Waals surface area contributed by atoms with E-state index in [1.165, 1.54) is 41.8 Å². The van der Waals surface area contributed by atoms with Crippen molar-refractivity contribution in [2.75, 3.05) is 37.8 Å². The van der Waals surface area contributed by atoms with Crippen molar-refractivity contribution >= 4 is 23.6 Å². The normalized spacial score (nSPS) is 22.5. The van der Waals surface area contributed by atoms with Gasteiger partial charge in [-0.25, -0.2) is 4.39 Å². The number of carbonyl (C=O) groups excluding carboxylic acids is 2. The Bertz CT molecular complexity index is 1010. The van der Waals surface area contributed by atoms with E-state index in [0.717, 1.165) is 18.6 Å². The molecule has 2 amide bonds. The highest BCUT2D eigenvalue weighted by Gasteiger charge is 2.49. The number of rotatable bonds is 10. The molecule has 0 radical (unpaired) electrons. The Morgan fingerprint density at radius 1 is 1.14 bits per heavy atom. The Hall–Kier alpha value is -2.38. The Balaban J connectivity index is 1.27. The average molecular weight is 499 g/mol. The highest BCUT2D eigenvalue weighted by molar-refractivity contribution is 7.99. The molecule has 2 aromatic carbocycles. The molecule has 1 aliphatic carbocycles. The lowest BCUT2D eigenvalue weighted by atomic mass is 9.96. The first-order chi connectivity index (χ1) is 16.9. The van der Waals surface area contributed by atoms with Gasteiger partial charge in [-0.15, -0.1) is 0 Å². The molecule has 3 atom stereocenters. The van der Waals surface area contributed by atoms with Crippen molar-refractivity contribution in [3.05, 3.63) is 71.0 Å². The lowest BCUT2D eigenvalue weighted by Gasteiger charge is -2.30. The summed E-state index contributed by atoms with van der Waals surface area (Å²) in [4.78, 5) is 27.7. The lowest BCUT2D eigenvalue weighted by Crippen LogP contribution is -2.52. The number of aryl methyl sites for hydroxylation is 1. The van der Waals surface area contributed by atoms with Crippen LogP contribution in [-0.2, 0) is 9.53 Å². The van der Waals surface area contributed by atoms with Gasteiger partial charge in [0, 0.05) is 24.4 Å². The molecule has 0 spiro atoms. The Kier molecular flexibility index (Phi) is 8.50. The molecule has 2 fully saturated rings. The maximum atomic E-state index is 13.2. The quantitative estimate of drug-likeness (QED) is 0.478. The standard InChI is InChI=1S/C28H35FN2O3S/c1-20-4-6-21(7-5-20)24-18-28(24,2)12-3-17-35-19-25(27(33)31-13-15-34-16-14-31)30-26(32)22-8-10-23(29)11-9-22/h4-11,24-25H,3,12-19H2,1-2H3,(H,30,32)/t24-,25-,28?/m0/s1. The molecule has 0 aromatic heterocycles. The summed E-state index contributed by atoms with van der Waals surface area (Å²) in [6.45, 7) is 6.58. The summed E-state index contributed by atoms with van der Waals surface area (Å²) in [5.74, 6) is 1.26. The van der Waals surface area contributed by atoms with Gasteiger partial charge in [0.1, 0.15) is 11.9 Å². The van der Waals surface area contributed by atoms with Crippen LogP contribution in [0.25, 0.3) is 0 Å². The van der Waals surface area contributed by atoms with Crippen LogP contribution in [0, 0.1) is 18.2 Å². The van der Waals surface area contributed by atoms with Gasteiger partial charge in [-0.3, -0.25) is 9.59 Å². The lowest BCUT2D eigenvalue weighted by molar-refractivity contribution is -0.136. The average Bonchev–Trinajstić information content (AvgIpc) is 3.55. The van der Waals surface area contributed by atoms with Crippen molar-refractivity contribution in [2.45, 2.75) is 45.1 Å². The van der Waals surface area contributed by atoms with Crippen molar-refractivity contribution in [1.29, 1.82) is 0 Å². The minimum absolute atomic E-state index is 0.0788. The van der Waals surface area contributed by atoms with Gasteiger partial charge < -0.3 is 15.0 Å². The zero-order chi connectivity index (χ0) is 24.8. The molecule has 188 valence electrons. The molecule has 0 bridgehead atoms. The molecule has 1 aliphatic heterocycles. The molecule has 1 saturated carbocycles. The van der Waals surface area contributed by atoms with E-state index in [2.05, 4.69) is 43.4 Å². The maximum absolute atomic E-state index is 13.2. The van der Waals surface area contributed by atoms with Gasteiger partial charge in [-0.1, -0.05) is 36.8 Å². The minimum atomic E-state index is -0.618. The van der Waals surface area contributed by atoms with Crippen LogP contribution in [0.3, 0.4) is 0 Å². The second kappa shape index (κ2) is 11.6. The van der Waals surface area contributed by atoms with Crippen LogP contribution in [0.2, 0.25) is 0 Å². The van der Waals surface area contributed by atoms with E-state index in [1.807, 2.05) is 0 Å². The molecule has 35 heavy (non-hydrogen) atoms. The fourth-order valence-corrected chi connectivity index (χ4v) is 5.78. The number of hydrogen-bond donors (Lipinski definition) is 1. The summed E-state index contributed by atoms with van der Waals surface area (Å²) >= 11 is 1.71. The first-order valence-electron chi connectivity index (χ1n) is 12.4. The fraction of sp³-hybridized carbons (Fsp3) is 0.500. The number of nitrogens with one attached hydrogen (secondary N) is 1. The molecule has 7 heteroatoms. The number of ether oxygens (including phenoxy) is 1. The van der Waals surface area contributed by atoms with Crippen LogP contribution in [0.1, 0.15) is 53.6 Å². The number of benzene rings is 2. The molecule has 1 heterocycles. The van der Waals surface area contributed by atoms with E-state index in [0.29, 0.717) is 49.0 Å². The monoisotopic (exact) mass is 498 g/mol. The van der Waals surface area contributed by atoms with Gasteiger partial charge >= 0.3 is 0 Å². The van der Waals surface area contributed by atoms with E-state index in [1.54, 1.807) is 16.7 Å². The van der Waals surface area contributed by atoms with E-state index in [4.69, 9.17) is 4.74 Å². The number of hydrogen-bond acceptors (Lipinski definition) is 4. The van der Waals surface area contributed by atoms with E-state index >= 15 is 0 Å². The molecular weight excluding hydrogens is 463 g/mol. The smallest absolute Gasteiger partial charge is 0.251 e. The third-order valence-corrected chi connectivity index (χ3v) is 8.33. The number of carbonyl (C=O) groups is 2. The second-order valence-corrected chi connectivity index (χ2v) is 11.1. The molecular formula is C28H35FN2O3S. The second-order valence-electron chi connectivity index (χ2n) is 9.97. The summed E-state index contributed by atoms with van der Waals surface area (Å²) in [7, 11) is 0. The third-order valence-electron chi connectivity index (χ3n) is 7.18. The van der Waals surface area contributed by atoms with Crippen molar-refractivity contribution in [2.24, 2.45) is 5.41 Å². The molecule has 2 aliphatic rings. The van der Waals surface area contributed by atoms with E-state index < -0.39 is 11.9 Å². The number of morpholine rings is 1. The minimum Gasteiger partial charge on any atom is -0.378 e. The Morgan fingerprint density at radius 2 is 1.83 bits per heavy atom. The van der Waals surface area contributed by atoms with Gasteiger partial charge in [0.25, 0.3) is 5.91 Å². The first kappa shape index (κ1) is 25.7. The number of amides is 2. The van der Waals surface area contributed by atoms with Crippen LogP contribution in [0.4, 0.5) is 4.39 Å². The third kappa shape index (κ3) is 6.85. The van der Waals surface area contributed by atoms with Crippen LogP contribution in [-0.4, -0.2) is 60.6 Å². The zero-order valence-corrected chi connectivity index (χ0v) is 21.4. The van der Waals surface area contributed by atoms with E-state index in [9.17, 15) is 14.0 Å². The number of halogens is 1. The summed E-state index contributed by atoms with van der Waals surface area (Å²) in [5, 5.41) is 2.89. The number of thioether (sulfide) groups is 1. The molecule has 1 saturated heterocycles. The van der Waals surface area contributed by atoms with Gasteiger partial charge in [0.2, 0.25) is 5.91 Å². The molecule has 5 nitrogen and oxygen atoms in total. The highest BCUT2D eigenvalue weighted by Crippen LogP contribution is 2.61. The summed E-state index contributed by atoms with van der Waals surface area (Å²) in [6.07, 6.45) is 3.46. The van der Waals surface area contributed by atoms with Crippen molar-refractivity contribution < 1.29 is 18.7 Å². The predicted molar refractivity (Wildman–Crippen MR) is 138 cm³/mol. The summed E-state index contributed by atoms with van der Waals surface area (Å²) in [5.41, 5.74) is 3.43. The highest BCUT2D eigenvalue weighted by atomic mass is 32.2. The van der Waals surface area contributed by atoms with Crippen LogP contribution >= 0.6 is 11.8 Å². The zero-order valence-electron chi connectivity index (χ0n) is 20.6. The Morgan fingerprint density at radius 3 is 2.51 bits per heavy atom. The predicted octanol–water partition coefficient (Wildman–Crippen LogP) is 4.80. The van der Waals surface area contributed by atoms with Crippen molar-refractivity contribution in [1.82, 2.24) is 10.2 Å². The molecule has 2 aromatic rings. The van der Waals surface area contributed by atoms with Crippen LogP contribution in [0.5, 0.6) is 0 Å². The molecule has 1 N–H and O–H groups in total. The van der Waals surface area contributed by atoms with Crippen LogP contribution in [0.15, 0.2) is 48.5 Å². The maximum Gasteiger partial charge on any atom is 0.251 e. The van der Waals surface area contributed by atoms with Gasteiger partial charge in [-0.2, -0.15) is 11.8 Å². The summed E-state index contributed by atoms with van der Waals surface area (Å²) in [6, 6.07) is 13.7. The van der Waals surface area contributed by atoms with Crippen LogP contribution < -0.4 is 5.32 Å². The van der Waals surface area contributed by atoms with Crippen molar-refractivity contribution in [3.8, 4) is 0 Å². The largest absolute Gasteiger partial charge is 0.378 e. The first-order valence-corrected chi connectivity index (χ1v) is 13.6. The van der Waals surface area contributed by atoms with Gasteiger partial charge in [-0.05, 0) is 73.1 Å². The van der Waals surface area contributed by atoms with Gasteiger partial charge in [0.05, 0.1) is 13.2 Å². The van der Waals surface area contributed by atoms with Gasteiger partial charge in [0.15, 0.2) is 0 Å². The van der Waals surface area contributed by atoms with Crippen molar-refractivity contribution in [3.63, 3.8) is 0 Å². The summed E-state index contributed by atoms with van der Waals surface area (Å²) < 4.78 is 18.6. The topological polar surface area (TPSA) is 58.6 Å². The van der Waals surface area contributed by atoms with E-state index in [-0.39, 0.29) is 11.8 Å².